The third kappa shape index (κ3) is 4.67. The molecule has 4 nitrogen and oxygen atoms in total. The lowest BCUT2D eigenvalue weighted by molar-refractivity contribution is 0.0934. The summed E-state index contributed by atoms with van der Waals surface area (Å²) in [7, 11) is 0. The number of aromatic nitrogens is 2. The molecule has 0 aliphatic rings. The van der Waals surface area contributed by atoms with Crippen molar-refractivity contribution in [3.63, 3.8) is 0 Å². The number of amides is 1. The van der Waals surface area contributed by atoms with Crippen LogP contribution in [0.3, 0.4) is 0 Å². The fourth-order valence-electron chi connectivity index (χ4n) is 3.36. The number of carbonyl (C=O) groups excluding carboxylic acids is 1. The summed E-state index contributed by atoms with van der Waals surface area (Å²) in [4.78, 5) is 14.2. The van der Waals surface area contributed by atoms with Crippen LogP contribution in [0.5, 0.6) is 0 Å². The Labute approximate surface area is 208 Å². The van der Waals surface area contributed by atoms with E-state index in [1.807, 2.05) is 62.4 Å². The van der Waals surface area contributed by atoms with Crippen molar-refractivity contribution >= 4 is 63.0 Å². The first-order valence-electron chi connectivity index (χ1n) is 9.51. The second kappa shape index (κ2) is 9.32. The number of nitrogens with one attached hydrogen (secondary N) is 1. The second-order valence-corrected chi connectivity index (χ2v) is 10.9. The molecule has 2 aromatic carbocycles. The second-order valence-electron chi connectivity index (χ2n) is 7.04. The van der Waals surface area contributed by atoms with Crippen molar-refractivity contribution in [2.24, 2.45) is 0 Å². The Balaban J connectivity index is 1.79. The van der Waals surface area contributed by atoms with Crippen molar-refractivity contribution in [3.8, 4) is 16.3 Å². The number of hydrogen-bond donors (Lipinski definition) is 1. The van der Waals surface area contributed by atoms with Crippen molar-refractivity contribution < 1.29 is 4.79 Å². The van der Waals surface area contributed by atoms with Gasteiger partial charge in [-0.25, -0.2) is 4.68 Å². The molecule has 0 bridgehead atoms. The molecule has 0 saturated carbocycles. The largest absolute Gasteiger partial charge is 0.344 e. The van der Waals surface area contributed by atoms with Gasteiger partial charge in [0.2, 0.25) is 0 Å². The van der Waals surface area contributed by atoms with E-state index in [0.717, 1.165) is 24.6 Å². The molecule has 1 atom stereocenters. The summed E-state index contributed by atoms with van der Waals surface area (Å²) in [6.45, 7) is 3.87. The number of benzene rings is 2. The average molecular weight is 582 g/mol. The highest BCUT2D eigenvalue weighted by Gasteiger charge is 2.25. The van der Waals surface area contributed by atoms with Gasteiger partial charge in [0, 0.05) is 10.6 Å². The molecule has 0 saturated heterocycles. The zero-order chi connectivity index (χ0) is 22.1. The van der Waals surface area contributed by atoms with Crippen LogP contribution in [0.25, 0.3) is 16.3 Å². The fourth-order valence-corrected chi connectivity index (χ4v) is 5.56. The molecule has 31 heavy (non-hydrogen) atoms. The van der Waals surface area contributed by atoms with E-state index in [2.05, 4.69) is 33.0 Å². The summed E-state index contributed by atoms with van der Waals surface area (Å²) in [6, 6.07) is 19.0. The number of nitrogens with zero attached hydrogens (tertiary/aromatic N) is 2. The van der Waals surface area contributed by atoms with Crippen molar-refractivity contribution in [3.05, 3.63) is 90.4 Å². The van der Waals surface area contributed by atoms with Gasteiger partial charge in [-0.15, -0.1) is 11.3 Å². The highest BCUT2D eigenvalue weighted by atomic mass is 127. The van der Waals surface area contributed by atoms with Crippen molar-refractivity contribution in [2.45, 2.75) is 19.9 Å². The molecule has 1 N–H and O–H groups in total. The Morgan fingerprint density at radius 3 is 2.52 bits per heavy atom. The van der Waals surface area contributed by atoms with E-state index >= 15 is 0 Å². The van der Waals surface area contributed by atoms with Gasteiger partial charge in [-0.1, -0.05) is 53.5 Å². The van der Waals surface area contributed by atoms with E-state index in [1.54, 1.807) is 28.2 Å². The highest BCUT2D eigenvalue weighted by molar-refractivity contribution is 14.1. The highest BCUT2D eigenvalue weighted by Crippen LogP contribution is 2.36. The predicted octanol–water partition coefficient (Wildman–Crippen LogP) is 7.31. The molecule has 0 spiro atoms. The molecule has 2 heterocycles. The molecule has 0 aliphatic carbocycles. The van der Waals surface area contributed by atoms with Crippen LogP contribution in [0.1, 0.15) is 34.6 Å². The number of rotatable bonds is 5. The maximum Gasteiger partial charge on any atom is 0.272 e. The molecule has 0 fully saturated rings. The maximum absolute atomic E-state index is 13.2. The zero-order valence-corrected chi connectivity index (χ0v) is 21.2. The monoisotopic (exact) mass is 581 g/mol. The van der Waals surface area contributed by atoms with Crippen LogP contribution < -0.4 is 5.32 Å². The molecule has 4 aromatic rings. The van der Waals surface area contributed by atoms with Crippen LogP contribution in [0, 0.1) is 9.81 Å². The first-order valence-corrected chi connectivity index (χ1v) is 12.2. The van der Waals surface area contributed by atoms with Gasteiger partial charge in [0.1, 0.15) is 0 Å². The van der Waals surface area contributed by atoms with E-state index in [-0.39, 0.29) is 11.9 Å². The van der Waals surface area contributed by atoms with Crippen LogP contribution in [0.4, 0.5) is 0 Å². The Bertz CT molecular complexity index is 1250. The number of thiophene rings is 1. The third-order valence-electron chi connectivity index (χ3n) is 4.93. The zero-order valence-electron chi connectivity index (χ0n) is 16.7. The third-order valence-corrected chi connectivity index (χ3v) is 7.37. The predicted molar refractivity (Wildman–Crippen MR) is 137 cm³/mol. The Morgan fingerprint density at radius 1 is 1.13 bits per heavy atom. The molecule has 4 rings (SSSR count). The van der Waals surface area contributed by atoms with E-state index < -0.39 is 0 Å². The summed E-state index contributed by atoms with van der Waals surface area (Å²) < 4.78 is 2.88. The standard InChI is InChI=1S/C23H18Cl2IN3OS/c1-13-21(23(30)27-14(2)15-6-4-3-5-7-15)28-29(18-9-8-16(24)12-17(18)25)22(13)19-10-11-20(26)31-19/h3-12,14H,1-2H3,(H,27,30)/t14-/m1/s1. The Kier molecular flexibility index (Phi) is 6.71. The van der Waals surface area contributed by atoms with Gasteiger partial charge in [0.25, 0.3) is 5.91 Å². The molecule has 158 valence electrons. The molecule has 0 radical (unpaired) electrons. The molecule has 0 aliphatic heterocycles. The van der Waals surface area contributed by atoms with E-state index in [9.17, 15) is 4.79 Å². The lowest BCUT2D eigenvalue weighted by atomic mass is 10.1. The molecular weight excluding hydrogens is 564 g/mol. The first-order chi connectivity index (χ1) is 14.8. The SMILES string of the molecule is Cc1c(C(=O)N[C@H](C)c2ccccc2)nn(-c2ccc(Cl)cc2Cl)c1-c1ccc(I)s1. The normalized spacial score (nSPS) is 12.0. The van der Waals surface area contributed by atoms with Gasteiger partial charge in [-0.05, 0) is 72.3 Å². The van der Waals surface area contributed by atoms with Gasteiger partial charge in [0.15, 0.2) is 5.69 Å². The number of halogens is 3. The molecule has 1 amide bonds. The van der Waals surface area contributed by atoms with Crippen molar-refractivity contribution in [2.75, 3.05) is 0 Å². The van der Waals surface area contributed by atoms with Gasteiger partial charge >= 0.3 is 0 Å². The minimum Gasteiger partial charge on any atom is -0.344 e. The van der Waals surface area contributed by atoms with Crippen LogP contribution in [0.2, 0.25) is 10.0 Å². The number of carbonyl (C=O) groups is 1. The van der Waals surface area contributed by atoms with E-state index in [0.29, 0.717) is 21.4 Å². The number of hydrogen-bond acceptors (Lipinski definition) is 3. The lowest BCUT2D eigenvalue weighted by Gasteiger charge is -2.13. The van der Waals surface area contributed by atoms with Crippen LogP contribution in [-0.4, -0.2) is 15.7 Å². The summed E-state index contributed by atoms with van der Waals surface area (Å²) in [5.74, 6) is -0.231. The molecular formula is C23H18Cl2IN3OS. The van der Waals surface area contributed by atoms with Crippen molar-refractivity contribution in [1.29, 1.82) is 0 Å². The van der Waals surface area contributed by atoms with Crippen LogP contribution >= 0.6 is 57.1 Å². The minimum atomic E-state index is -0.231. The molecule has 2 aromatic heterocycles. The molecule has 0 unspecified atom stereocenters. The van der Waals surface area contributed by atoms with Gasteiger partial charge in [-0.2, -0.15) is 5.10 Å². The average Bonchev–Trinajstić information content (AvgIpc) is 3.31. The first kappa shape index (κ1) is 22.3. The Morgan fingerprint density at radius 2 is 1.87 bits per heavy atom. The lowest BCUT2D eigenvalue weighted by Crippen LogP contribution is -2.27. The topological polar surface area (TPSA) is 46.9 Å². The molecule has 8 heteroatoms. The summed E-state index contributed by atoms with van der Waals surface area (Å²) >= 11 is 16.5. The quantitative estimate of drug-likeness (QED) is 0.251. The van der Waals surface area contributed by atoms with E-state index in [4.69, 9.17) is 23.2 Å². The van der Waals surface area contributed by atoms with Gasteiger partial charge in [0.05, 0.1) is 30.2 Å². The van der Waals surface area contributed by atoms with Crippen molar-refractivity contribution in [1.82, 2.24) is 15.1 Å². The summed E-state index contributed by atoms with van der Waals surface area (Å²) in [5, 5.41) is 8.75. The maximum atomic E-state index is 13.2. The Hall–Kier alpha value is -1.87. The summed E-state index contributed by atoms with van der Waals surface area (Å²) in [5.41, 5.74) is 3.70. The fraction of sp³-hybridized carbons (Fsp3) is 0.130. The summed E-state index contributed by atoms with van der Waals surface area (Å²) in [6.07, 6.45) is 0. The van der Waals surface area contributed by atoms with E-state index in [1.165, 1.54) is 0 Å². The van der Waals surface area contributed by atoms with Crippen LogP contribution in [0.15, 0.2) is 60.7 Å². The van der Waals surface area contributed by atoms with Gasteiger partial charge in [-0.3, -0.25) is 4.79 Å². The van der Waals surface area contributed by atoms with Gasteiger partial charge < -0.3 is 5.32 Å². The smallest absolute Gasteiger partial charge is 0.272 e. The minimum absolute atomic E-state index is 0.150. The van der Waals surface area contributed by atoms with Crippen LogP contribution in [-0.2, 0) is 0 Å².